The van der Waals surface area contributed by atoms with Crippen LogP contribution in [0, 0.1) is 11.3 Å². The number of amides is 1. The van der Waals surface area contributed by atoms with Crippen molar-refractivity contribution in [2.24, 2.45) is 11.3 Å². The minimum absolute atomic E-state index is 0.180. The molecule has 0 aromatic carbocycles. The molecule has 1 heterocycles. The molecular formula is C13H19N3O3. The molecule has 6 heteroatoms. The second kappa shape index (κ2) is 5.42. The summed E-state index contributed by atoms with van der Waals surface area (Å²) in [5.74, 6) is -0.531. The van der Waals surface area contributed by atoms with E-state index in [0.29, 0.717) is 24.3 Å². The Labute approximate surface area is 111 Å². The van der Waals surface area contributed by atoms with Crippen LogP contribution in [-0.2, 0) is 4.79 Å². The maximum absolute atomic E-state index is 11.8. The van der Waals surface area contributed by atoms with Crippen molar-refractivity contribution in [3.8, 4) is 0 Å². The zero-order chi connectivity index (χ0) is 13.9. The molecule has 0 bridgehead atoms. The Balaban J connectivity index is 1.98. The number of aromatic amines is 1. The summed E-state index contributed by atoms with van der Waals surface area (Å²) in [6.45, 7) is 2.31. The molecular weight excluding hydrogens is 246 g/mol. The average molecular weight is 265 g/mol. The van der Waals surface area contributed by atoms with E-state index in [1.165, 1.54) is 12.4 Å². The van der Waals surface area contributed by atoms with Gasteiger partial charge < -0.3 is 10.4 Å². The standard InChI is InChI=1S/C13H19N3O3/c1-9-2-4-13(5-3-9,12(18)19)8-14-11(17)10-6-15-16-7-10/h6-7,9H,2-5,8H2,1H3,(H,14,17)(H,15,16)(H,18,19). The highest BCUT2D eigenvalue weighted by Crippen LogP contribution is 2.38. The number of aromatic nitrogens is 2. The zero-order valence-corrected chi connectivity index (χ0v) is 11.0. The van der Waals surface area contributed by atoms with Gasteiger partial charge in [0.2, 0.25) is 0 Å². The Morgan fingerprint density at radius 1 is 1.53 bits per heavy atom. The minimum atomic E-state index is -0.814. The first-order valence-electron chi connectivity index (χ1n) is 6.54. The van der Waals surface area contributed by atoms with Crippen molar-refractivity contribution in [2.45, 2.75) is 32.6 Å². The Morgan fingerprint density at radius 2 is 2.21 bits per heavy atom. The first-order valence-corrected chi connectivity index (χ1v) is 6.54. The molecule has 0 aliphatic heterocycles. The highest BCUT2D eigenvalue weighted by molar-refractivity contribution is 5.94. The molecule has 1 amide bonds. The van der Waals surface area contributed by atoms with Gasteiger partial charge >= 0.3 is 5.97 Å². The van der Waals surface area contributed by atoms with Crippen LogP contribution in [-0.4, -0.2) is 33.7 Å². The Bertz CT molecular complexity index is 448. The van der Waals surface area contributed by atoms with Crippen LogP contribution >= 0.6 is 0 Å². The smallest absolute Gasteiger partial charge is 0.311 e. The first-order chi connectivity index (χ1) is 9.03. The van der Waals surface area contributed by atoms with E-state index in [1.807, 2.05) is 0 Å². The van der Waals surface area contributed by atoms with Crippen molar-refractivity contribution in [1.82, 2.24) is 15.5 Å². The molecule has 19 heavy (non-hydrogen) atoms. The summed E-state index contributed by atoms with van der Waals surface area (Å²) in [5.41, 5.74) is -0.393. The van der Waals surface area contributed by atoms with Gasteiger partial charge in [-0.25, -0.2) is 0 Å². The van der Waals surface area contributed by atoms with E-state index in [-0.39, 0.29) is 12.5 Å². The van der Waals surface area contributed by atoms with Crippen LogP contribution in [0.4, 0.5) is 0 Å². The number of nitrogens with one attached hydrogen (secondary N) is 2. The van der Waals surface area contributed by atoms with E-state index in [2.05, 4.69) is 22.4 Å². The van der Waals surface area contributed by atoms with Gasteiger partial charge in [-0.1, -0.05) is 6.92 Å². The summed E-state index contributed by atoms with van der Waals surface area (Å²) < 4.78 is 0. The third-order valence-electron chi connectivity index (χ3n) is 4.03. The van der Waals surface area contributed by atoms with Crippen molar-refractivity contribution in [3.05, 3.63) is 18.0 Å². The lowest BCUT2D eigenvalue weighted by atomic mass is 9.71. The lowest BCUT2D eigenvalue weighted by Gasteiger charge is -2.35. The summed E-state index contributed by atoms with van der Waals surface area (Å²) in [7, 11) is 0. The lowest BCUT2D eigenvalue weighted by Crippen LogP contribution is -2.45. The zero-order valence-electron chi connectivity index (χ0n) is 11.0. The van der Waals surface area contributed by atoms with Gasteiger partial charge in [0.1, 0.15) is 0 Å². The second-order valence-electron chi connectivity index (χ2n) is 5.44. The Kier molecular flexibility index (Phi) is 3.87. The van der Waals surface area contributed by atoms with Gasteiger partial charge in [0.25, 0.3) is 5.91 Å². The summed E-state index contributed by atoms with van der Waals surface area (Å²) in [6, 6.07) is 0. The van der Waals surface area contributed by atoms with Crippen LogP contribution in [0.5, 0.6) is 0 Å². The second-order valence-corrected chi connectivity index (χ2v) is 5.44. The number of hydrogen-bond acceptors (Lipinski definition) is 3. The van der Waals surface area contributed by atoms with Crippen LogP contribution in [0.2, 0.25) is 0 Å². The summed E-state index contributed by atoms with van der Waals surface area (Å²) >= 11 is 0. The van der Waals surface area contributed by atoms with E-state index in [0.717, 1.165) is 12.8 Å². The average Bonchev–Trinajstić information content (AvgIpc) is 2.92. The van der Waals surface area contributed by atoms with E-state index < -0.39 is 11.4 Å². The molecule has 1 saturated carbocycles. The molecule has 3 N–H and O–H groups in total. The van der Waals surface area contributed by atoms with Gasteiger partial charge in [0.05, 0.1) is 17.2 Å². The molecule has 1 aliphatic carbocycles. The number of nitrogens with zero attached hydrogens (tertiary/aromatic N) is 1. The number of hydrogen-bond donors (Lipinski definition) is 3. The maximum atomic E-state index is 11.8. The fourth-order valence-corrected chi connectivity index (χ4v) is 2.51. The molecule has 0 unspecified atom stereocenters. The Hall–Kier alpha value is -1.85. The van der Waals surface area contributed by atoms with Gasteiger partial charge in [-0.15, -0.1) is 0 Å². The van der Waals surface area contributed by atoms with Gasteiger partial charge in [-0.2, -0.15) is 5.10 Å². The third kappa shape index (κ3) is 2.94. The normalized spacial score (nSPS) is 26.9. The van der Waals surface area contributed by atoms with Crippen molar-refractivity contribution in [3.63, 3.8) is 0 Å². The monoisotopic (exact) mass is 265 g/mol. The molecule has 0 saturated heterocycles. The van der Waals surface area contributed by atoms with Crippen LogP contribution in [0.15, 0.2) is 12.4 Å². The summed E-state index contributed by atoms with van der Waals surface area (Å²) in [4.78, 5) is 23.3. The first kappa shape index (κ1) is 13.6. The van der Waals surface area contributed by atoms with Crippen LogP contribution in [0.3, 0.4) is 0 Å². The van der Waals surface area contributed by atoms with Crippen LogP contribution in [0.1, 0.15) is 43.0 Å². The van der Waals surface area contributed by atoms with Crippen molar-refractivity contribution in [1.29, 1.82) is 0 Å². The number of H-pyrrole nitrogens is 1. The molecule has 6 nitrogen and oxygen atoms in total. The fraction of sp³-hybridized carbons (Fsp3) is 0.615. The van der Waals surface area contributed by atoms with Gasteiger partial charge in [-0.05, 0) is 31.6 Å². The number of aliphatic carboxylic acids is 1. The lowest BCUT2D eigenvalue weighted by molar-refractivity contribution is -0.151. The van der Waals surface area contributed by atoms with E-state index in [1.54, 1.807) is 0 Å². The van der Waals surface area contributed by atoms with Crippen LogP contribution in [0.25, 0.3) is 0 Å². The molecule has 0 spiro atoms. The molecule has 104 valence electrons. The number of carboxylic acids is 1. The Morgan fingerprint density at radius 3 is 2.74 bits per heavy atom. The van der Waals surface area contributed by atoms with Crippen molar-refractivity contribution < 1.29 is 14.7 Å². The van der Waals surface area contributed by atoms with E-state index in [9.17, 15) is 14.7 Å². The fourth-order valence-electron chi connectivity index (χ4n) is 2.51. The van der Waals surface area contributed by atoms with Crippen molar-refractivity contribution >= 4 is 11.9 Å². The summed E-state index contributed by atoms with van der Waals surface area (Å²) in [6.07, 6.45) is 5.95. The van der Waals surface area contributed by atoms with E-state index in [4.69, 9.17) is 0 Å². The highest BCUT2D eigenvalue weighted by Gasteiger charge is 2.41. The molecule has 0 atom stereocenters. The SMILES string of the molecule is CC1CCC(CNC(=O)c2cn[nH]c2)(C(=O)O)CC1. The quantitative estimate of drug-likeness (QED) is 0.767. The molecule has 1 aromatic heterocycles. The van der Waals surface area contributed by atoms with Crippen molar-refractivity contribution in [2.75, 3.05) is 6.54 Å². The largest absolute Gasteiger partial charge is 0.481 e. The number of rotatable bonds is 4. The molecule has 1 fully saturated rings. The third-order valence-corrected chi connectivity index (χ3v) is 4.03. The van der Waals surface area contributed by atoms with Crippen LogP contribution < -0.4 is 5.32 Å². The molecule has 1 aliphatic rings. The highest BCUT2D eigenvalue weighted by atomic mass is 16.4. The minimum Gasteiger partial charge on any atom is -0.481 e. The number of carboxylic acid groups (broad SMARTS) is 1. The van der Waals surface area contributed by atoms with Gasteiger partial charge in [-0.3, -0.25) is 14.7 Å². The predicted molar refractivity (Wildman–Crippen MR) is 68.6 cm³/mol. The maximum Gasteiger partial charge on any atom is 0.311 e. The molecule has 2 rings (SSSR count). The summed E-state index contributed by atoms with van der Waals surface area (Å²) in [5, 5.41) is 18.4. The topological polar surface area (TPSA) is 95.1 Å². The number of carbonyl (C=O) groups excluding carboxylic acids is 1. The number of carbonyl (C=O) groups is 2. The van der Waals surface area contributed by atoms with E-state index >= 15 is 0 Å². The van der Waals surface area contributed by atoms with Gasteiger partial charge in [0, 0.05) is 12.7 Å². The molecule has 1 aromatic rings. The molecule has 0 radical (unpaired) electrons. The van der Waals surface area contributed by atoms with Gasteiger partial charge in [0.15, 0.2) is 0 Å². The predicted octanol–water partition coefficient (Wildman–Crippen LogP) is 1.42.